The highest BCUT2D eigenvalue weighted by molar-refractivity contribution is 9.10. The number of rotatable bonds is 6. The van der Waals surface area contributed by atoms with Crippen LogP contribution in [0.4, 0.5) is 5.69 Å². The molecule has 0 bridgehead atoms. The Morgan fingerprint density at radius 1 is 1.14 bits per heavy atom. The summed E-state index contributed by atoms with van der Waals surface area (Å²) in [4.78, 5) is 12.0. The van der Waals surface area contributed by atoms with Gasteiger partial charge in [0.05, 0.1) is 6.61 Å². The van der Waals surface area contributed by atoms with Gasteiger partial charge in [0.25, 0.3) is 0 Å². The molecule has 0 aliphatic rings. The molecule has 0 amide bonds. The van der Waals surface area contributed by atoms with Crippen molar-refractivity contribution in [3.8, 4) is 5.75 Å². The molecule has 21 heavy (non-hydrogen) atoms. The van der Waals surface area contributed by atoms with Gasteiger partial charge >= 0.3 is 0 Å². The molecule has 0 saturated carbocycles. The van der Waals surface area contributed by atoms with E-state index in [0.717, 1.165) is 15.9 Å². The van der Waals surface area contributed by atoms with Crippen molar-refractivity contribution in [3.63, 3.8) is 0 Å². The van der Waals surface area contributed by atoms with E-state index < -0.39 is 0 Å². The summed E-state index contributed by atoms with van der Waals surface area (Å²) in [5.41, 5.74) is 1.56. The Bertz CT molecular complexity index is 618. The quantitative estimate of drug-likeness (QED) is 0.611. The van der Waals surface area contributed by atoms with Gasteiger partial charge in [-0.05, 0) is 55.5 Å². The molecule has 0 spiro atoms. The van der Waals surface area contributed by atoms with Crippen LogP contribution in [0.3, 0.4) is 0 Å². The number of anilines is 1. The number of carbonyl (C=O) groups is 1. The number of ketones is 1. The molecular formula is C17H16BrNO2. The summed E-state index contributed by atoms with van der Waals surface area (Å²) >= 11 is 3.37. The lowest BCUT2D eigenvalue weighted by Gasteiger charge is -2.03. The van der Waals surface area contributed by atoms with Crippen LogP contribution in [0, 0.1) is 0 Å². The van der Waals surface area contributed by atoms with Gasteiger partial charge in [-0.15, -0.1) is 0 Å². The van der Waals surface area contributed by atoms with E-state index in [1.165, 1.54) is 6.08 Å². The summed E-state index contributed by atoms with van der Waals surface area (Å²) < 4.78 is 6.36. The standard InChI is InChI=1S/C17H16BrNO2/c1-2-21-16-9-3-13(4-10-16)17(20)11-12-19-15-7-5-14(18)6-8-15/h3-12,19H,2H2,1H3. The second-order valence-corrected chi connectivity index (χ2v) is 5.22. The van der Waals surface area contributed by atoms with Gasteiger partial charge in [-0.2, -0.15) is 0 Å². The van der Waals surface area contributed by atoms with Crippen LogP contribution in [0.15, 0.2) is 65.3 Å². The molecule has 0 saturated heterocycles. The molecule has 0 unspecified atom stereocenters. The Morgan fingerprint density at radius 2 is 1.81 bits per heavy atom. The molecule has 0 heterocycles. The summed E-state index contributed by atoms with van der Waals surface area (Å²) in [5, 5.41) is 3.06. The molecule has 0 radical (unpaired) electrons. The second-order valence-electron chi connectivity index (χ2n) is 4.31. The molecule has 0 aliphatic carbocycles. The molecule has 2 rings (SSSR count). The zero-order valence-electron chi connectivity index (χ0n) is 11.7. The van der Waals surface area contributed by atoms with Crippen LogP contribution in [-0.2, 0) is 0 Å². The van der Waals surface area contributed by atoms with Gasteiger partial charge < -0.3 is 10.1 Å². The Balaban J connectivity index is 1.94. The largest absolute Gasteiger partial charge is 0.494 e. The van der Waals surface area contributed by atoms with Crippen molar-refractivity contribution in [2.75, 3.05) is 11.9 Å². The highest BCUT2D eigenvalue weighted by Gasteiger charge is 2.01. The first-order valence-corrected chi connectivity index (χ1v) is 7.44. The summed E-state index contributed by atoms with van der Waals surface area (Å²) in [6.45, 7) is 2.54. The number of carbonyl (C=O) groups excluding carboxylic acids is 1. The van der Waals surface area contributed by atoms with E-state index in [1.807, 2.05) is 31.2 Å². The number of ether oxygens (including phenoxy) is 1. The van der Waals surface area contributed by atoms with Crippen LogP contribution in [0.1, 0.15) is 17.3 Å². The Kier molecular flexibility index (Phi) is 5.58. The maximum atomic E-state index is 12.0. The van der Waals surface area contributed by atoms with Crippen LogP contribution in [0.25, 0.3) is 0 Å². The molecule has 2 aromatic rings. The number of hydrogen-bond donors (Lipinski definition) is 1. The lowest BCUT2D eigenvalue weighted by Crippen LogP contribution is -1.97. The highest BCUT2D eigenvalue weighted by atomic mass is 79.9. The van der Waals surface area contributed by atoms with Crippen molar-refractivity contribution in [3.05, 3.63) is 70.8 Å². The van der Waals surface area contributed by atoms with E-state index in [2.05, 4.69) is 21.2 Å². The minimum Gasteiger partial charge on any atom is -0.494 e. The summed E-state index contributed by atoms with van der Waals surface area (Å²) in [7, 11) is 0. The first-order valence-electron chi connectivity index (χ1n) is 6.65. The van der Waals surface area contributed by atoms with Gasteiger partial charge in [-0.3, -0.25) is 4.79 Å². The molecule has 1 N–H and O–H groups in total. The normalized spacial score (nSPS) is 10.6. The zero-order chi connectivity index (χ0) is 15.1. The third-order valence-corrected chi connectivity index (χ3v) is 3.31. The molecular weight excluding hydrogens is 330 g/mol. The monoisotopic (exact) mass is 345 g/mol. The number of benzene rings is 2. The van der Waals surface area contributed by atoms with Crippen molar-refractivity contribution < 1.29 is 9.53 Å². The fourth-order valence-corrected chi connectivity index (χ4v) is 2.00. The van der Waals surface area contributed by atoms with E-state index in [1.54, 1.807) is 30.5 Å². The van der Waals surface area contributed by atoms with Crippen LogP contribution < -0.4 is 10.1 Å². The van der Waals surface area contributed by atoms with E-state index >= 15 is 0 Å². The van der Waals surface area contributed by atoms with E-state index in [-0.39, 0.29) is 5.78 Å². The Morgan fingerprint density at radius 3 is 2.43 bits per heavy atom. The molecule has 0 atom stereocenters. The summed E-state index contributed by atoms with van der Waals surface area (Å²) in [5.74, 6) is 0.716. The van der Waals surface area contributed by atoms with Crippen LogP contribution in [0.2, 0.25) is 0 Å². The number of hydrogen-bond acceptors (Lipinski definition) is 3. The Labute approximate surface area is 132 Å². The van der Waals surface area contributed by atoms with E-state index in [9.17, 15) is 4.79 Å². The molecule has 2 aromatic carbocycles. The Hall–Kier alpha value is -2.07. The number of nitrogens with one attached hydrogen (secondary N) is 1. The molecule has 3 nitrogen and oxygen atoms in total. The van der Waals surface area contributed by atoms with Crippen molar-refractivity contribution in [1.82, 2.24) is 0 Å². The van der Waals surface area contributed by atoms with Crippen molar-refractivity contribution in [1.29, 1.82) is 0 Å². The first-order chi connectivity index (χ1) is 10.2. The second kappa shape index (κ2) is 7.64. The minimum atomic E-state index is -0.0531. The van der Waals surface area contributed by atoms with Crippen LogP contribution >= 0.6 is 15.9 Å². The van der Waals surface area contributed by atoms with Crippen LogP contribution in [-0.4, -0.2) is 12.4 Å². The maximum Gasteiger partial charge on any atom is 0.187 e. The first kappa shape index (κ1) is 15.3. The van der Waals surface area contributed by atoms with Gasteiger partial charge in [0.2, 0.25) is 0 Å². The van der Waals surface area contributed by atoms with E-state index in [4.69, 9.17) is 4.74 Å². The molecule has 0 aromatic heterocycles. The number of halogens is 1. The summed E-state index contributed by atoms with van der Waals surface area (Å²) in [6.07, 6.45) is 3.15. The zero-order valence-corrected chi connectivity index (χ0v) is 13.3. The predicted molar refractivity (Wildman–Crippen MR) is 88.8 cm³/mol. The van der Waals surface area contributed by atoms with Crippen molar-refractivity contribution >= 4 is 27.4 Å². The average Bonchev–Trinajstić information content (AvgIpc) is 2.50. The topological polar surface area (TPSA) is 38.3 Å². The molecule has 0 aliphatic heterocycles. The molecule has 4 heteroatoms. The van der Waals surface area contributed by atoms with Crippen molar-refractivity contribution in [2.45, 2.75) is 6.92 Å². The van der Waals surface area contributed by atoms with Gasteiger partial charge in [0, 0.05) is 28.0 Å². The van der Waals surface area contributed by atoms with Gasteiger partial charge in [0.15, 0.2) is 5.78 Å². The minimum absolute atomic E-state index is 0.0531. The fourth-order valence-electron chi connectivity index (χ4n) is 1.74. The average molecular weight is 346 g/mol. The smallest absolute Gasteiger partial charge is 0.187 e. The van der Waals surface area contributed by atoms with Gasteiger partial charge in [0.1, 0.15) is 5.75 Å². The third kappa shape index (κ3) is 4.76. The number of allylic oxidation sites excluding steroid dienone is 1. The fraction of sp³-hybridized carbons (Fsp3) is 0.118. The van der Waals surface area contributed by atoms with Crippen LogP contribution in [0.5, 0.6) is 5.75 Å². The van der Waals surface area contributed by atoms with Gasteiger partial charge in [-0.1, -0.05) is 15.9 Å². The lowest BCUT2D eigenvalue weighted by atomic mass is 10.1. The highest BCUT2D eigenvalue weighted by Crippen LogP contribution is 2.15. The summed E-state index contributed by atoms with van der Waals surface area (Å²) in [6, 6.07) is 14.8. The SMILES string of the molecule is CCOc1ccc(C(=O)C=CNc2ccc(Br)cc2)cc1. The predicted octanol–water partition coefficient (Wildman–Crippen LogP) is 4.66. The third-order valence-electron chi connectivity index (χ3n) is 2.78. The molecule has 108 valence electrons. The van der Waals surface area contributed by atoms with Crippen molar-refractivity contribution in [2.24, 2.45) is 0 Å². The lowest BCUT2D eigenvalue weighted by molar-refractivity contribution is 0.104. The maximum absolute atomic E-state index is 12.0. The van der Waals surface area contributed by atoms with E-state index in [0.29, 0.717) is 12.2 Å². The van der Waals surface area contributed by atoms with Gasteiger partial charge in [-0.25, -0.2) is 0 Å². The molecule has 0 fully saturated rings.